The van der Waals surface area contributed by atoms with Gasteiger partial charge >= 0.3 is 0 Å². The standard InChI is InChI=1S/C16H18N4/c1-9-5-6-13(7-10(9)2)20-12(4)11(3)14-15(17)18-8-19-16(14)20/h5-8H,1-4H3,(H2,17,18,19). The number of anilines is 1. The first-order chi connectivity index (χ1) is 9.50. The fourth-order valence-corrected chi connectivity index (χ4v) is 2.61. The zero-order valence-corrected chi connectivity index (χ0v) is 12.2. The number of nitrogen functional groups attached to an aromatic ring is 1. The summed E-state index contributed by atoms with van der Waals surface area (Å²) < 4.78 is 2.15. The summed E-state index contributed by atoms with van der Waals surface area (Å²) in [4.78, 5) is 8.53. The van der Waals surface area contributed by atoms with E-state index >= 15 is 0 Å². The SMILES string of the molecule is Cc1ccc(-n2c(C)c(C)c3c(N)ncnc32)cc1C. The van der Waals surface area contributed by atoms with Gasteiger partial charge in [-0.05, 0) is 56.5 Å². The molecule has 102 valence electrons. The summed E-state index contributed by atoms with van der Waals surface area (Å²) in [7, 11) is 0. The molecule has 1 aromatic carbocycles. The summed E-state index contributed by atoms with van der Waals surface area (Å²) in [6.45, 7) is 8.39. The Balaban J connectivity index is 2.39. The van der Waals surface area contributed by atoms with Gasteiger partial charge in [-0.2, -0.15) is 0 Å². The van der Waals surface area contributed by atoms with Gasteiger partial charge in [0.25, 0.3) is 0 Å². The van der Waals surface area contributed by atoms with E-state index in [0.29, 0.717) is 5.82 Å². The van der Waals surface area contributed by atoms with Crippen LogP contribution in [0.5, 0.6) is 0 Å². The third kappa shape index (κ3) is 1.68. The third-order valence-corrected chi connectivity index (χ3v) is 4.07. The van der Waals surface area contributed by atoms with Crippen LogP contribution in [0.4, 0.5) is 5.82 Å². The molecule has 2 heterocycles. The van der Waals surface area contributed by atoms with Crippen LogP contribution in [0.1, 0.15) is 22.4 Å². The van der Waals surface area contributed by atoms with Crippen LogP contribution < -0.4 is 5.73 Å². The van der Waals surface area contributed by atoms with Crippen LogP contribution in [-0.4, -0.2) is 14.5 Å². The van der Waals surface area contributed by atoms with E-state index in [4.69, 9.17) is 5.73 Å². The fourth-order valence-electron chi connectivity index (χ4n) is 2.61. The Morgan fingerprint density at radius 3 is 2.45 bits per heavy atom. The maximum Gasteiger partial charge on any atom is 0.150 e. The van der Waals surface area contributed by atoms with Gasteiger partial charge in [-0.3, -0.25) is 4.57 Å². The van der Waals surface area contributed by atoms with Crippen molar-refractivity contribution < 1.29 is 0 Å². The van der Waals surface area contributed by atoms with Gasteiger partial charge in [-0.1, -0.05) is 6.07 Å². The van der Waals surface area contributed by atoms with Crippen molar-refractivity contribution in [2.75, 3.05) is 5.73 Å². The minimum absolute atomic E-state index is 0.540. The monoisotopic (exact) mass is 266 g/mol. The van der Waals surface area contributed by atoms with E-state index in [0.717, 1.165) is 28.0 Å². The molecule has 0 saturated heterocycles. The van der Waals surface area contributed by atoms with Crippen LogP contribution in [0.2, 0.25) is 0 Å². The molecule has 0 aliphatic rings. The van der Waals surface area contributed by atoms with E-state index in [9.17, 15) is 0 Å². The molecule has 0 amide bonds. The van der Waals surface area contributed by atoms with Crippen LogP contribution >= 0.6 is 0 Å². The Morgan fingerprint density at radius 1 is 1.00 bits per heavy atom. The van der Waals surface area contributed by atoms with Gasteiger partial charge < -0.3 is 5.73 Å². The number of hydrogen-bond donors (Lipinski definition) is 1. The zero-order valence-electron chi connectivity index (χ0n) is 12.2. The molecule has 0 spiro atoms. The second kappa shape index (κ2) is 4.34. The number of aromatic nitrogens is 3. The second-order valence-corrected chi connectivity index (χ2v) is 5.27. The van der Waals surface area contributed by atoms with Crippen molar-refractivity contribution in [3.63, 3.8) is 0 Å². The highest BCUT2D eigenvalue weighted by Gasteiger charge is 2.16. The molecule has 4 nitrogen and oxygen atoms in total. The Hall–Kier alpha value is -2.36. The van der Waals surface area contributed by atoms with Gasteiger partial charge in [-0.15, -0.1) is 0 Å². The van der Waals surface area contributed by atoms with Crippen molar-refractivity contribution in [3.05, 3.63) is 46.9 Å². The van der Waals surface area contributed by atoms with Gasteiger partial charge in [0.2, 0.25) is 0 Å². The van der Waals surface area contributed by atoms with E-state index < -0.39 is 0 Å². The molecule has 0 aliphatic heterocycles. The topological polar surface area (TPSA) is 56.7 Å². The summed E-state index contributed by atoms with van der Waals surface area (Å²) in [6.07, 6.45) is 1.52. The Labute approximate surface area is 118 Å². The molecule has 0 fully saturated rings. The Morgan fingerprint density at radius 2 is 1.75 bits per heavy atom. The zero-order chi connectivity index (χ0) is 14.4. The Bertz CT molecular complexity index is 815. The van der Waals surface area contributed by atoms with E-state index in [1.54, 1.807) is 0 Å². The average molecular weight is 266 g/mol. The van der Waals surface area contributed by atoms with Gasteiger partial charge in [-0.25, -0.2) is 9.97 Å². The van der Waals surface area contributed by atoms with Gasteiger partial charge in [0.05, 0.1) is 5.39 Å². The lowest BCUT2D eigenvalue weighted by Gasteiger charge is -2.10. The molecule has 4 heteroatoms. The molecule has 0 atom stereocenters. The van der Waals surface area contributed by atoms with Gasteiger partial charge in [0, 0.05) is 11.4 Å². The molecule has 0 saturated carbocycles. The maximum absolute atomic E-state index is 6.01. The highest BCUT2D eigenvalue weighted by molar-refractivity contribution is 5.92. The first kappa shape index (κ1) is 12.7. The van der Waals surface area contributed by atoms with Crippen molar-refractivity contribution in [2.24, 2.45) is 0 Å². The maximum atomic E-state index is 6.01. The number of nitrogens with zero attached hydrogens (tertiary/aromatic N) is 3. The highest BCUT2D eigenvalue weighted by atomic mass is 15.1. The summed E-state index contributed by atoms with van der Waals surface area (Å²) in [5.74, 6) is 0.540. The van der Waals surface area contributed by atoms with Crippen molar-refractivity contribution in [2.45, 2.75) is 27.7 Å². The molecule has 0 unspecified atom stereocenters. The minimum atomic E-state index is 0.540. The minimum Gasteiger partial charge on any atom is -0.383 e. The third-order valence-electron chi connectivity index (χ3n) is 4.07. The lowest BCUT2D eigenvalue weighted by Crippen LogP contribution is -2.00. The lowest BCUT2D eigenvalue weighted by molar-refractivity contribution is 1.01. The first-order valence-electron chi connectivity index (χ1n) is 6.66. The molecule has 3 aromatic rings. The number of nitrogens with two attached hydrogens (primary N) is 1. The van der Waals surface area contributed by atoms with Crippen molar-refractivity contribution in [1.29, 1.82) is 0 Å². The summed E-state index contributed by atoms with van der Waals surface area (Å²) in [6, 6.07) is 6.43. The number of fused-ring (bicyclic) bond motifs is 1. The van der Waals surface area contributed by atoms with Gasteiger partial charge in [0.1, 0.15) is 12.1 Å². The predicted octanol–water partition coefficient (Wildman–Crippen LogP) is 3.24. The first-order valence-corrected chi connectivity index (χ1v) is 6.66. The van der Waals surface area contributed by atoms with E-state index in [1.807, 2.05) is 0 Å². The number of aryl methyl sites for hydroxylation is 3. The predicted molar refractivity (Wildman–Crippen MR) is 82.2 cm³/mol. The number of rotatable bonds is 1. The van der Waals surface area contributed by atoms with Crippen LogP contribution in [0.3, 0.4) is 0 Å². The van der Waals surface area contributed by atoms with Crippen molar-refractivity contribution in [3.8, 4) is 5.69 Å². The largest absolute Gasteiger partial charge is 0.383 e. The molecular weight excluding hydrogens is 248 g/mol. The lowest BCUT2D eigenvalue weighted by atomic mass is 10.1. The summed E-state index contributed by atoms with van der Waals surface area (Å²) in [5, 5.41) is 0.947. The van der Waals surface area contributed by atoms with Crippen LogP contribution in [0.15, 0.2) is 24.5 Å². The van der Waals surface area contributed by atoms with Crippen LogP contribution in [-0.2, 0) is 0 Å². The smallest absolute Gasteiger partial charge is 0.150 e. The van der Waals surface area contributed by atoms with E-state index in [2.05, 4.69) is 60.4 Å². The van der Waals surface area contributed by atoms with Gasteiger partial charge in [0.15, 0.2) is 5.65 Å². The van der Waals surface area contributed by atoms with Crippen LogP contribution in [0, 0.1) is 27.7 Å². The fraction of sp³-hybridized carbons (Fsp3) is 0.250. The average Bonchev–Trinajstić information content (AvgIpc) is 2.67. The van der Waals surface area contributed by atoms with Crippen molar-refractivity contribution in [1.82, 2.24) is 14.5 Å². The molecule has 2 N–H and O–H groups in total. The Kier molecular flexibility index (Phi) is 2.74. The summed E-state index contributed by atoms with van der Waals surface area (Å²) >= 11 is 0. The van der Waals surface area contributed by atoms with Crippen LogP contribution in [0.25, 0.3) is 16.7 Å². The number of hydrogen-bond acceptors (Lipinski definition) is 3. The molecular formula is C16H18N4. The summed E-state index contributed by atoms with van der Waals surface area (Å²) in [5.41, 5.74) is 12.8. The second-order valence-electron chi connectivity index (χ2n) is 5.27. The number of benzene rings is 1. The van der Waals surface area contributed by atoms with Crippen molar-refractivity contribution >= 4 is 16.9 Å². The molecule has 0 radical (unpaired) electrons. The molecule has 0 aliphatic carbocycles. The molecule has 20 heavy (non-hydrogen) atoms. The van der Waals surface area contributed by atoms with E-state index in [1.165, 1.54) is 17.5 Å². The highest BCUT2D eigenvalue weighted by Crippen LogP contribution is 2.30. The van der Waals surface area contributed by atoms with E-state index in [-0.39, 0.29) is 0 Å². The quantitative estimate of drug-likeness (QED) is 0.735. The molecule has 0 bridgehead atoms. The molecule has 3 rings (SSSR count). The normalized spacial score (nSPS) is 11.2. The molecule has 2 aromatic heterocycles.